The Morgan fingerprint density at radius 1 is 1.13 bits per heavy atom. The summed E-state index contributed by atoms with van der Waals surface area (Å²) in [6, 6.07) is 13.2. The summed E-state index contributed by atoms with van der Waals surface area (Å²) in [6.45, 7) is 9.81. The first-order valence-corrected chi connectivity index (χ1v) is 15.7. The number of aromatic carboxylic acids is 1. The summed E-state index contributed by atoms with van der Waals surface area (Å²) in [5.41, 5.74) is -1.87. The highest BCUT2D eigenvalue weighted by Gasteiger charge is 2.70. The van der Waals surface area contributed by atoms with Crippen LogP contribution in [0.25, 0.3) is 0 Å². The molecule has 2 aliphatic rings. The molecule has 242 valence electrons. The molecule has 1 unspecified atom stereocenters. The van der Waals surface area contributed by atoms with Gasteiger partial charge in [0, 0.05) is 22.5 Å². The van der Waals surface area contributed by atoms with Crippen molar-refractivity contribution in [2.75, 3.05) is 12.0 Å². The molecule has 2 saturated heterocycles. The lowest BCUT2D eigenvalue weighted by Crippen LogP contribution is -2.53. The van der Waals surface area contributed by atoms with Gasteiger partial charge in [0.25, 0.3) is 0 Å². The molecule has 5 atom stereocenters. The maximum Gasteiger partial charge on any atom is 0.335 e. The SMILES string of the molecule is COc1cc(C(=O)O)ccc1N1C(=O)[C@H]2C(c3cccc(Cl)c3F)[C@@](C#N)(c3ccc(Cl)cc3F)[C@H](CC(C)(C)C)N2[C@@H]1C(C)C. The summed E-state index contributed by atoms with van der Waals surface area (Å²) >= 11 is 12.5. The number of hydrogen-bond donors (Lipinski definition) is 1. The van der Waals surface area contributed by atoms with Gasteiger partial charge >= 0.3 is 5.97 Å². The highest BCUT2D eigenvalue weighted by molar-refractivity contribution is 6.31. The van der Waals surface area contributed by atoms with E-state index < -0.39 is 58.5 Å². The number of halogens is 4. The first-order valence-electron chi connectivity index (χ1n) is 14.9. The lowest BCUT2D eigenvalue weighted by atomic mass is 9.62. The van der Waals surface area contributed by atoms with Gasteiger partial charge in [-0.3, -0.25) is 14.6 Å². The van der Waals surface area contributed by atoms with Crippen LogP contribution in [0.2, 0.25) is 10.0 Å². The summed E-state index contributed by atoms with van der Waals surface area (Å²) in [6.07, 6.45) is -0.373. The van der Waals surface area contributed by atoms with Gasteiger partial charge in [-0.25, -0.2) is 13.6 Å². The third kappa shape index (κ3) is 5.30. The van der Waals surface area contributed by atoms with Crippen molar-refractivity contribution < 1.29 is 28.2 Å². The Hall–Kier alpha value is -3.71. The molecule has 46 heavy (non-hydrogen) atoms. The molecule has 0 radical (unpaired) electrons. The van der Waals surface area contributed by atoms with Crippen LogP contribution in [-0.2, 0) is 10.2 Å². The zero-order chi connectivity index (χ0) is 33.9. The number of carbonyl (C=O) groups is 2. The van der Waals surface area contributed by atoms with E-state index in [9.17, 15) is 20.0 Å². The van der Waals surface area contributed by atoms with E-state index in [0.717, 1.165) is 6.07 Å². The van der Waals surface area contributed by atoms with Gasteiger partial charge in [-0.2, -0.15) is 5.26 Å². The summed E-state index contributed by atoms with van der Waals surface area (Å²) < 4.78 is 37.9. The molecule has 0 bridgehead atoms. The number of methoxy groups -OCH3 is 1. The molecule has 0 saturated carbocycles. The van der Waals surface area contributed by atoms with Crippen LogP contribution in [0.15, 0.2) is 54.6 Å². The van der Waals surface area contributed by atoms with E-state index in [1.165, 1.54) is 49.6 Å². The van der Waals surface area contributed by atoms with Crippen molar-refractivity contribution in [1.82, 2.24) is 4.90 Å². The lowest BCUT2D eigenvalue weighted by Gasteiger charge is -2.43. The average Bonchev–Trinajstić information content (AvgIpc) is 3.42. The van der Waals surface area contributed by atoms with Crippen LogP contribution >= 0.6 is 23.2 Å². The first-order chi connectivity index (χ1) is 21.6. The molecule has 2 aliphatic heterocycles. The Bertz CT molecular complexity index is 1750. The van der Waals surface area contributed by atoms with E-state index in [4.69, 9.17) is 27.9 Å². The highest BCUT2D eigenvalue weighted by Crippen LogP contribution is 2.60. The molecular weight excluding hydrogens is 635 g/mol. The van der Waals surface area contributed by atoms with Gasteiger partial charge in [0.2, 0.25) is 5.91 Å². The Morgan fingerprint density at radius 3 is 2.39 bits per heavy atom. The van der Waals surface area contributed by atoms with Crippen molar-refractivity contribution in [1.29, 1.82) is 5.26 Å². The minimum Gasteiger partial charge on any atom is -0.495 e. The van der Waals surface area contributed by atoms with Gasteiger partial charge in [0.05, 0.1) is 35.6 Å². The van der Waals surface area contributed by atoms with Gasteiger partial charge < -0.3 is 9.84 Å². The third-order valence-corrected chi connectivity index (χ3v) is 9.57. The number of carboxylic acid groups (broad SMARTS) is 1. The maximum absolute atomic E-state index is 16.2. The molecule has 7 nitrogen and oxygen atoms in total. The Morgan fingerprint density at radius 2 is 1.83 bits per heavy atom. The summed E-state index contributed by atoms with van der Waals surface area (Å²) in [4.78, 5) is 30.2. The Balaban J connectivity index is 1.88. The predicted molar refractivity (Wildman–Crippen MR) is 172 cm³/mol. The largest absolute Gasteiger partial charge is 0.495 e. The monoisotopic (exact) mass is 669 g/mol. The molecule has 0 aliphatic carbocycles. The standard InChI is InChI=1S/C35H35Cl2F2N3O4/c1-18(2)31-41(25-13-10-19(33(44)45)14-26(25)46-6)32(43)30-28(21-8-7-9-23(37)29(21)39)35(17-40,22-12-11-20(36)15-24(22)38)27(42(30)31)16-34(3,4)5/h7-15,18,27-28,30-31H,16H2,1-6H3,(H,44,45)/t27-,28?,30+,31+,35-/m0/s1. The summed E-state index contributed by atoms with van der Waals surface area (Å²) in [5, 5.41) is 20.8. The fraction of sp³-hybridized carbons (Fsp3) is 0.400. The first kappa shape index (κ1) is 33.6. The minimum atomic E-state index is -1.76. The molecule has 5 rings (SSSR count). The van der Waals surface area contributed by atoms with Crippen molar-refractivity contribution in [2.24, 2.45) is 11.3 Å². The van der Waals surface area contributed by atoms with Gasteiger partial charge in [-0.15, -0.1) is 0 Å². The number of carbonyl (C=O) groups excluding carboxylic acids is 1. The van der Waals surface area contributed by atoms with Crippen molar-refractivity contribution in [3.8, 4) is 11.8 Å². The fourth-order valence-electron chi connectivity index (χ4n) is 7.39. The zero-order valence-electron chi connectivity index (χ0n) is 26.3. The normalized spacial score (nSPS) is 24.7. The van der Waals surface area contributed by atoms with Gasteiger partial charge in [0.1, 0.15) is 28.8 Å². The molecule has 3 aromatic carbocycles. The number of ether oxygens (including phenoxy) is 1. The second kappa shape index (κ2) is 12.1. The Kier molecular flexibility index (Phi) is 8.88. The molecule has 0 aromatic heterocycles. The topological polar surface area (TPSA) is 93.9 Å². The van der Waals surface area contributed by atoms with E-state index in [1.807, 2.05) is 39.5 Å². The molecule has 2 fully saturated rings. The molecular formula is C35H35Cl2F2N3O4. The van der Waals surface area contributed by atoms with Crippen LogP contribution in [0.4, 0.5) is 14.5 Å². The van der Waals surface area contributed by atoms with Gasteiger partial charge in [0.15, 0.2) is 0 Å². The van der Waals surface area contributed by atoms with E-state index in [1.54, 1.807) is 11.0 Å². The molecule has 1 N–H and O–H groups in total. The number of benzene rings is 3. The minimum absolute atomic E-state index is 0.0117. The van der Waals surface area contributed by atoms with E-state index in [-0.39, 0.29) is 38.4 Å². The van der Waals surface area contributed by atoms with Crippen molar-refractivity contribution >= 4 is 40.8 Å². The van der Waals surface area contributed by atoms with E-state index >= 15 is 8.78 Å². The number of anilines is 1. The second-order valence-electron chi connectivity index (χ2n) is 13.5. The van der Waals surface area contributed by atoms with Crippen LogP contribution in [-0.4, -0.2) is 47.2 Å². The van der Waals surface area contributed by atoms with Crippen LogP contribution in [0.1, 0.15) is 68.4 Å². The summed E-state index contributed by atoms with van der Waals surface area (Å²) in [7, 11) is 1.38. The molecule has 0 spiro atoms. The van der Waals surface area contributed by atoms with Crippen molar-refractivity contribution in [2.45, 2.75) is 70.6 Å². The van der Waals surface area contributed by atoms with Crippen LogP contribution < -0.4 is 9.64 Å². The number of rotatable bonds is 7. The van der Waals surface area contributed by atoms with Gasteiger partial charge in [-0.1, -0.05) is 76.0 Å². The number of hydrogen-bond acceptors (Lipinski definition) is 5. The van der Waals surface area contributed by atoms with Crippen molar-refractivity contribution in [3.63, 3.8) is 0 Å². The number of nitriles is 1. The number of nitrogens with zero attached hydrogens (tertiary/aromatic N) is 3. The average molecular weight is 671 g/mol. The van der Waals surface area contributed by atoms with Crippen LogP contribution in [0, 0.1) is 34.3 Å². The van der Waals surface area contributed by atoms with E-state index in [2.05, 4.69) is 6.07 Å². The molecule has 2 heterocycles. The van der Waals surface area contributed by atoms with E-state index in [0.29, 0.717) is 12.1 Å². The number of carboxylic acids is 1. The lowest BCUT2D eigenvalue weighted by molar-refractivity contribution is -0.119. The molecule has 1 amide bonds. The quantitative estimate of drug-likeness (QED) is 0.274. The highest BCUT2D eigenvalue weighted by atomic mass is 35.5. The number of amides is 1. The fourth-order valence-corrected chi connectivity index (χ4v) is 7.74. The third-order valence-electron chi connectivity index (χ3n) is 9.04. The molecule has 3 aromatic rings. The Labute approximate surface area is 277 Å². The summed E-state index contributed by atoms with van der Waals surface area (Å²) in [5.74, 6) is -4.46. The van der Waals surface area contributed by atoms with Crippen LogP contribution in [0.3, 0.4) is 0 Å². The smallest absolute Gasteiger partial charge is 0.335 e. The number of fused-ring (bicyclic) bond motifs is 1. The van der Waals surface area contributed by atoms with Gasteiger partial charge in [-0.05, 0) is 59.7 Å². The van der Waals surface area contributed by atoms with Crippen molar-refractivity contribution in [3.05, 3.63) is 93.0 Å². The maximum atomic E-state index is 16.2. The van der Waals surface area contributed by atoms with Crippen LogP contribution in [0.5, 0.6) is 5.75 Å². The second-order valence-corrected chi connectivity index (χ2v) is 14.3. The predicted octanol–water partition coefficient (Wildman–Crippen LogP) is 8.04. The molecule has 11 heteroatoms. The zero-order valence-corrected chi connectivity index (χ0v) is 27.8.